The molecule has 0 aromatic rings. The SMILES string of the molecule is C/C=C1/N=C2CCCCCN2C1=O. The Labute approximate surface area is 78.1 Å². The van der Waals surface area contributed by atoms with E-state index in [1.54, 1.807) is 6.08 Å². The summed E-state index contributed by atoms with van der Waals surface area (Å²) in [6.45, 7) is 2.72. The number of nitrogens with zero attached hydrogens (tertiary/aromatic N) is 2. The van der Waals surface area contributed by atoms with Crippen LogP contribution in [0.3, 0.4) is 0 Å². The first-order valence-corrected chi connectivity index (χ1v) is 4.88. The predicted molar refractivity (Wildman–Crippen MR) is 51.4 cm³/mol. The lowest BCUT2D eigenvalue weighted by atomic mass is 10.2. The predicted octanol–water partition coefficient (Wildman–Crippen LogP) is 1.70. The fourth-order valence-electron chi connectivity index (χ4n) is 1.84. The number of carbonyl (C=O) groups is 1. The van der Waals surface area contributed by atoms with Crippen molar-refractivity contribution in [3.63, 3.8) is 0 Å². The van der Waals surface area contributed by atoms with Crippen molar-refractivity contribution >= 4 is 11.7 Å². The zero-order chi connectivity index (χ0) is 9.26. The largest absolute Gasteiger partial charge is 0.295 e. The maximum Gasteiger partial charge on any atom is 0.277 e. The summed E-state index contributed by atoms with van der Waals surface area (Å²) in [5, 5.41) is 0. The summed E-state index contributed by atoms with van der Waals surface area (Å²) in [6, 6.07) is 0. The molecule has 1 fully saturated rings. The molecule has 2 heterocycles. The topological polar surface area (TPSA) is 32.7 Å². The third-order valence-electron chi connectivity index (χ3n) is 2.58. The van der Waals surface area contributed by atoms with Crippen LogP contribution in [-0.2, 0) is 4.79 Å². The molecule has 0 aromatic carbocycles. The maximum absolute atomic E-state index is 11.7. The molecule has 2 aliphatic rings. The second-order valence-electron chi connectivity index (χ2n) is 3.47. The van der Waals surface area contributed by atoms with Crippen LogP contribution in [0.2, 0.25) is 0 Å². The molecular weight excluding hydrogens is 164 g/mol. The molecule has 3 heteroatoms. The summed E-state index contributed by atoms with van der Waals surface area (Å²) < 4.78 is 0. The molecule has 70 valence electrons. The van der Waals surface area contributed by atoms with Gasteiger partial charge in [0, 0.05) is 13.0 Å². The molecule has 0 aliphatic carbocycles. The number of allylic oxidation sites excluding steroid dienone is 1. The molecule has 3 nitrogen and oxygen atoms in total. The number of fused-ring (bicyclic) bond motifs is 1. The smallest absolute Gasteiger partial charge is 0.277 e. The van der Waals surface area contributed by atoms with Crippen molar-refractivity contribution in [3.8, 4) is 0 Å². The first-order chi connectivity index (χ1) is 6.33. The first-order valence-electron chi connectivity index (χ1n) is 4.88. The van der Waals surface area contributed by atoms with Crippen LogP contribution >= 0.6 is 0 Å². The lowest BCUT2D eigenvalue weighted by molar-refractivity contribution is -0.122. The van der Waals surface area contributed by atoms with Crippen molar-refractivity contribution in [1.82, 2.24) is 4.90 Å². The van der Waals surface area contributed by atoms with Gasteiger partial charge < -0.3 is 0 Å². The highest BCUT2D eigenvalue weighted by Gasteiger charge is 2.29. The van der Waals surface area contributed by atoms with Crippen molar-refractivity contribution in [2.24, 2.45) is 4.99 Å². The van der Waals surface area contributed by atoms with Gasteiger partial charge in [-0.3, -0.25) is 9.69 Å². The zero-order valence-corrected chi connectivity index (χ0v) is 7.92. The molecule has 2 aliphatic heterocycles. The van der Waals surface area contributed by atoms with Crippen molar-refractivity contribution < 1.29 is 4.79 Å². The average molecular weight is 178 g/mol. The van der Waals surface area contributed by atoms with Crippen LogP contribution in [0.15, 0.2) is 16.8 Å². The van der Waals surface area contributed by atoms with Gasteiger partial charge in [-0.05, 0) is 19.8 Å². The normalized spacial score (nSPS) is 25.9. The van der Waals surface area contributed by atoms with Gasteiger partial charge in [-0.2, -0.15) is 0 Å². The van der Waals surface area contributed by atoms with Gasteiger partial charge in [-0.25, -0.2) is 4.99 Å². The van der Waals surface area contributed by atoms with Crippen LogP contribution in [0.5, 0.6) is 0 Å². The van der Waals surface area contributed by atoms with E-state index in [4.69, 9.17) is 0 Å². The zero-order valence-electron chi connectivity index (χ0n) is 7.92. The van der Waals surface area contributed by atoms with Crippen molar-refractivity contribution in [1.29, 1.82) is 0 Å². The van der Waals surface area contributed by atoms with Crippen LogP contribution in [0.25, 0.3) is 0 Å². The minimum Gasteiger partial charge on any atom is -0.295 e. The molecule has 1 saturated heterocycles. The quantitative estimate of drug-likeness (QED) is 0.520. The van der Waals surface area contributed by atoms with E-state index in [9.17, 15) is 4.79 Å². The maximum atomic E-state index is 11.7. The lowest BCUT2D eigenvalue weighted by Gasteiger charge is -2.13. The van der Waals surface area contributed by atoms with E-state index in [-0.39, 0.29) is 5.91 Å². The number of aliphatic imine (C=N–C) groups is 1. The number of amides is 1. The second kappa shape index (κ2) is 3.32. The fourth-order valence-corrected chi connectivity index (χ4v) is 1.84. The van der Waals surface area contributed by atoms with Crippen molar-refractivity contribution in [2.75, 3.05) is 6.54 Å². The molecule has 1 amide bonds. The minimum atomic E-state index is 0.0967. The van der Waals surface area contributed by atoms with Crippen LogP contribution in [-0.4, -0.2) is 23.2 Å². The van der Waals surface area contributed by atoms with Crippen LogP contribution in [0.1, 0.15) is 32.6 Å². The summed E-state index contributed by atoms with van der Waals surface area (Å²) in [4.78, 5) is 17.8. The van der Waals surface area contributed by atoms with Crippen LogP contribution < -0.4 is 0 Å². The molecule has 0 aromatic heterocycles. The Morgan fingerprint density at radius 3 is 3.00 bits per heavy atom. The summed E-state index contributed by atoms with van der Waals surface area (Å²) in [7, 11) is 0. The average Bonchev–Trinajstić information content (AvgIpc) is 2.37. The Bertz CT molecular complexity index is 291. The Balaban J connectivity index is 2.27. The molecule has 0 bridgehead atoms. The third-order valence-corrected chi connectivity index (χ3v) is 2.58. The summed E-state index contributed by atoms with van der Waals surface area (Å²) >= 11 is 0. The van der Waals surface area contributed by atoms with Crippen molar-refractivity contribution in [3.05, 3.63) is 11.8 Å². The van der Waals surface area contributed by atoms with Gasteiger partial charge in [0.1, 0.15) is 11.5 Å². The molecule has 0 radical (unpaired) electrons. The second-order valence-corrected chi connectivity index (χ2v) is 3.47. The van der Waals surface area contributed by atoms with Gasteiger partial charge in [0.15, 0.2) is 0 Å². The van der Waals surface area contributed by atoms with Crippen LogP contribution in [0, 0.1) is 0 Å². The Morgan fingerprint density at radius 1 is 1.38 bits per heavy atom. The summed E-state index contributed by atoms with van der Waals surface area (Å²) in [6.07, 6.45) is 6.25. The number of carbonyl (C=O) groups excluding carboxylic acids is 1. The molecule has 0 spiro atoms. The molecular formula is C10H14N2O. The molecule has 0 N–H and O–H groups in total. The van der Waals surface area contributed by atoms with Gasteiger partial charge in [-0.1, -0.05) is 12.5 Å². The highest BCUT2D eigenvalue weighted by Crippen LogP contribution is 2.21. The minimum absolute atomic E-state index is 0.0967. The molecule has 0 atom stereocenters. The fraction of sp³-hybridized carbons (Fsp3) is 0.600. The number of amidine groups is 1. The Morgan fingerprint density at radius 2 is 2.23 bits per heavy atom. The number of hydrogen-bond acceptors (Lipinski definition) is 2. The van der Waals surface area contributed by atoms with Gasteiger partial charge in [0.25, 0.3) is 5.91 Å². The van der Waals surface area contributed by atoms with Gasteiger partial charge in [0.2, 0.25) is 0 Å². The summed E-state index contributed by atoms with van der Waals surface area (Å²) in [5.41, 5.74) is 0.622. The highest BCUT2D eigenvalue weighted by atomic mass is 16.2. The van der Waals surface area contributed by atoms with E-state index in [0.29, 0.717) is 5.70 Å². The summed E-state index contributed by atoms with van der Waals surface area (Å²) in [5.74, 6) is 1.08. The van der Waals surface area contributed by atoms with E-state index in [1.165, 1.54) is 12.8 Å². The molecule has 0 unspecified atom stereocenters. The van der Waals surface area contributed by atoms with Crippen molar-refractivity contribution in [2.45, 2.75) is 32.6 Å². The Kier molecular flexibility index (Phi) is 2.17. The van der Waals surface area contributed by atoms with Gasteiger partial charge in [0.05, 0.1) is 0 Å². The van der Waals surface area contributed by atoms with Gasteiger partial charge in [-0.15, -0.1) is 0 Å². The standard InChI is InChI=1S/C10H14N2O/c1-2-8-10(13)12-7-5-3-4-6-9(12)11-8/h2H,3-7H2,1H3/b8-2+. The number of rotatable bonds is 0. The monoisotopic (exact) mass is 178 g/mol. The molecule has 2 rings (SSSR count). The first kappa shape index (κ1) is 8.48. The van der Waals surface area contributed by atoms with Crippen LogP contribution in [0.4, 0.5) is 0 Å². The molecule has 13 heavy (non-hydrogen) atoms. The third kappa shape index (κ3) is 1.39. The van der Waals surface area contributed by atoms with E-state index in [0.717, 1.165) is 25.2 Å². The lowest BCUT2D eigenvalue weighted by Crippen LogP contribution is -2.31. The molecule has 0 saturated carbocycles. The van der Waals surface area contributed by atoms with Gasteiger partial charge >= 0.3 is 0 Å². The van der Waals surface area contributed by atoms with E-state index in [1.807, 2.05) is 11.8 Å². The Hall–Kier alpha value is -1.12. The highest BCUT2D eigenvalue weighted by molar-refractivity contribution is 6.12. The number of hydrogen-bond donors (Lipinski definition) is 0. The van der Waals surface area contributed by atoms with E-state index >= 15 is 0 Å². The van der Waals surface area contributed by atoms with E-state index in [2.05, 4.69) is 4.99 Å². The van der Waals surface area contributed by atoms with E-state index < -0.39 is 0 Å².